The molecule has 4 aromatic heterocycles. The molecule has 0 aliphatic carbocycles. The third kappa shape index (κ3) is 9.12. The summed E-state index contributed by atoms with van der Waals surface area (Å²) in [7, 11) is -21.8. The fourth-order valence-electron chi connectivity index (χ4n) is 5.81. The molecule has 4 aromatic rings. The van der Waals surface area contributed by atoms with Crippen molar-refractivity contribution < 1.29 is 93.9 Å². The lowest BCUT2D eigenvalue weighted by Crippen LogP contribution is -2.47. The SMILES string of the molecule is CO[C@@H]1[C@H](O)[C@@H](COP(=O)(O)OP(=O)([O-])OP(=O)(O)OP(=O)(O)OC[C@H]2O[C@@H](n3cnc4c(=O)[nH]c(N)nc43)[C@H](O)[C@@H]2O)O[C@H]1[n+]1cn(C)c2c(=O)[nH]c(N)nc21. The minimum atomic E-state index is -6.48. The minimum Gasteiger partial charge on any atom is -0.756 e. The standard InChI is InChI=1S/C22H32N10O21P4/c1-30-6-32(16-10(30)18(37)29-22(24)27-16)20-14(46-2)12(34)8(50-20)4-48-55(40,41)52-57(44,45)53-56(42,43)51-54(38,39)47-3-7-11(33)13(35)19(49-7)31-5-25-9-15(31)26-21(23)28-17(9)36/h5-8,11-14,19-20,33-35H,3-4H2,1-2H3,(H9-,23,24,26,27,28,29,36,37,38,39,40,41,42,43,44,45)/t7-,8-,11-,12-,13-,14-,19-,20-/m1/s1. The van der Waals surface area contributed by atoms with Crippen molar-refractivity contribution in [1.82, 2.24) is 34.1 Å². The molecule has 0 spiro atoms. The number of nitrogens with one attached hydrogen (secondary N) is 2. The number of hydrogen-bond acceptors (Lipinski definition) is 23. The fraction of sp³-hybridized carbons (Fsp3) is 0.545. The highest BCUT2D eigenvalue weighted by Gasteiger charge is 2.50. The van der Waals surface area contributed by atoms with Crippen molar-refractivity contribution in [3.8, 4) is 0 Å². The van der Waals surface area contributed by atoms with Crippen molar-refractivity contribution in [2.75, 3.05) is 31.8 Å². The Morgan fingerprint density at radius 3 is 2.11 bits per heavy atom. The molecule has 35 heteroatoms. The number of methoxy groups -OCH3 is 1. The molecule has 2 aliphatic heterocycles. The van der Waals surface area contributed by atoms with Gasteiger partial charge in [-0.15, -0.1) is 0 Å². The Hall–Kier alpha value is -3.38. The van der Waals surface area contributed by atoms with Gasteiger partial charge >= 0.3 is 29.1 Å². The van der Waals surface area contributed by atoms with E-state index in [4.69, 9.17) is 25.7 Å². The Balaban J connectivity index is 1.04. The van der Waals surface area contributed by atoms with Gasteiger partial charge in [-0.2, -0.15) is 9.29 Å². The van der Waals surface area contributed by atoms with Crippen LogP contribution in [0.1, 0.15) is 12.5 Å². The molecule has 0 amide bonds. The van der Waals surface area contributed by atoms with Crippen LogP contribution in [0, 0.1) is 0 Å². The average Bonchev–Trinajstić information content (AvgIpc) is 3.80. The van der Waals surface area contributed by atoms with Gasteiger partial charge in [0.05, 0.1) is 26.6 Å². The average molecular weight is 896 g/mol. The van der Waals surface area contributed by atoms with Gasteiger partial charge in [0.1, 0.15) is 36.6 Å². The zero-order chi connectivity index (χ0) is 42.0. The normalized spacial score (nSPS) is 29.6. The Morgan fingerprint density at radius 2 is 1.46 bits per heavy atom. The number of fused-ring (bicyclic) bond motifs is 2. The van der Waals surface area contributed by atoms with Crippen LogP contribution < -0.4 is 32.0 Å². The molecule has 0 bridgehead atoms. The number of nitrogens with zero attached hydrogens (tertiary/aromatic N) is 6. The first kappa shape index (κ1) is 43.2. The molecule has 2 aliphatic rings. The van der Waals surface area contributed by atoms with Crippen LogP contribution in [0.25, 0.3) is 22.3 Å². The summed E-state index contributed by atoms with van der Waals surface area (Å²) < 4.78 is 90.2. The number of aryl methyl sites for hydroxylation is 1. The van der Waals surface area contributed by atoms with Gasteiger partial charge in [0, 0.05) is 7.11 Å². The second-order valence-electron chi connectivity index (χ2n) is 12.0. The molecule has 6 heterocycles. The Labute approximate surface area is 314 Å². The summed E-state index contributed by atoms with van der Waals surface area (Å²) in [5.41, 5.74) is 9.39. The molecule has 12 N–H and O–H groups in total. The predicted octanol–water partition coefficient (Wildman–Crippen LogP) is -4.41. The number of rotatable bonds is 15. The zero-order valence-corrected chi connectivity index (χ0v) is 32.2. The van der Waals surface area contributed by atoms with Gasteiger partial charge in [0.2, 0.25) is 17.7 Å². The topological polar surface area (TPSA) is 457 Å². The first-order valence-electron chi connectivity index (χ1n) is 15.5. The molecule has 0 saturated carbocycles. The number of aromatic nitrogens is 8. The molecule has 31 nitrogen and oxygen atoms in total. The maximum atomic E-state index is 12.5. The van der Waals surface area contributed by atoms with Gasteiger partial charge in [-0.3, -0.25) is 42.3 Å². The number of aliphatic hydroxyl groups excluding tert-OH is 3. The molecule has 12 atom stereocenters. The Morgan fingerprint density at radius 1 is 0.877 bits per heavy atom. The molecule has 6 rings (SSSR count). The van der Waals surface area contributed by atoms with E-state index in [9.17, 15) is 62.7 Å². The zero-order valence-electron chi connectivity index (χ0n) is 28.6. The van der Waals surface area contributed by atoms with E-state index >= 15 is 0 Å². The maximum absolute atomic E-state index is 12.5. The third-order valence-corrected chi connectivity index (χ3v) is 14.0. The van der Waals surface area contributed by atoms with Gasteiger partial charge in [-0.1, -0.05) is 4.98 Å². The van der Waals surface area contributed by atoms with E-state index in [0.717, 1.165) is 10.9 Å². The number of imidazole rings is 2. The lowest BCUT2D eigenvalue weighted by Gasteiger charge is -2.26. The van der Waals surface area contributed by atoms with Gasteiger partial charge in [0.25, 0.3) is 24.9 Å². The highest BCUT2D eigenvalue weighted by atomic mass is 31.3. The van der Waals surface area contributed by atoms with E-state index in [2.05, 4.69) is 46.9 Å². The summed E-state index contributed by atoms with van der Waals surface area (Å²) in [5, 5.41) is 31.7. The molecule has 57 heavy (non-hydrogen) atoms. The van der Waals surface area contributed by atoms with Crippen molar-refractivity contribution in [3.63, 3.8) is 0 Å². The number of phosphoric ester groups is 2. The molecular weight excluding hydrogens is 864 g/mol. The predicted molar refractivity (Wildman–Crippen MR) is 177 cm³/mol. The molecule has 2 fully saturated rings. The quantitative estimate of drug-likeness (QED) is 0.0398. The van der Waals surface area contributed by atoms with Crippen molar-refractivity contribution in [1.29, 1.82) is 0 Å². The monoisotopic (exact) mass is 896 g/mol. The van der Waals surface area contributed by atoms with Gasteiger partial charge < -0.3 is 60.6 Å². The lowest BCUT2D eigenvalue weighted by atomic mass is 10.1. The number of aromatic amines is 2. The van der Waals surface area contributed by atoms with E-state index in [1.54, 1.807) is 0 Å². The highest BCUT2D eigenvalue weighted by Crippen LogP contribution is 2.70. The molecule has 2 saturated heterocycles. The number of ether oxygens (including phenoxy) is 3. The van der Waals surface area contributed by atoms with E-state index in [1.165, 1.54) is 29.6 Å². The number of nitrogens with two attached hydrogens (primary N) is 2. The lowest BCUT2D eigenvalue weighted by molar-refractivity contribution is -0.746. The second-order valence-corrected chi connectivity index (χ2v) is 18.2. The van der Waals surface area contributed by atoms with Gasteiger partial charge in [0.15, 0.2) is 23.7 Å². The Bertz CT molecular complexity index is 2490. The Kier molecular flexibility index (Phi) is 11.9. The molecular formula is C22H32N10O21P4. The summed E-state index contributed by atoms with van der Waals surface area (Å²) in [4.78, 5) is 83.0. The number of anilines is 2. The van der Waals surface area contributed by atoms with E-state index in [0.29, 0.717) is 0 Å². The summed E-state index contributed by atoms with van der Waals surface area (Å²) in [5.74, 6) is -0.608. The van der Waals surface area contributed by atoms with Crippen LogP contribution in [-0.2, 0) is 61.5 Å². The van der Waals surface area contributed by atoms with Crippen LogP contribution in [0.2, 0.25) is 0 Å². The summed E-state index contributed by atoms with van der Waals surface area (Å²) >= 11 is 0. The van der Waals surface area contributed by atoms with Crippen LogP contribution in [0.3, 0.4) is 0 Å². The molecule has 0 radical (unpaired) electrons. The van der Waals surface area contributed by atoms with E-state index < -0.39 is 105 Å². The van der Waals surface area contributed by atoms with Crippen molar-refractivity contribution >= 4 is 65.5 Å². The number of aliphatic hydroxyl groups is 3. The molecule has 4 unspecified atom stereocenters. The minimum absolute atomic E-state index is 0.0196. The van der Waals surface area contributed by atoms with E-state index in [1.807, 2.05) is 0 Å². The highest BCUT2D eigenvalue weighted by molar-refractivity contribution is 7.69. The van der Waals surface area contributed by atoms with Crippen molar-refractivity contribution in [3.05, 3.63) is 33.4 Å². The van der Waals surface area contributed by atoms with Crippen LogP contribution in [0.4, 0.5) is 11.9 Å². The van der Waals surface area contributed by atoms with E-state index in [-0.39, 0.29) is 34.2 Å². The number of hydrogen-bond donors (Lipinski definition) is 10. The van der Waals surface area contributed by atoms with Gasteiger partial charge in [-0.25, -0.2) is 31.9 Å². The van der Waals surface area contributed by atoms with Crippen molar-refractivity contribution in [2.24, 2.45) is 7.05 Å². The number of phosphoric acid groups is 4. The third-order valence-electron chi connectivity index (χ3n) is 8.13. The van der Waals surface area contributed by atoms with Crippen LogP contribution in [-0.4, -0.2) is 121 Å². The van der Waals surface area contributed by atoms with Crippen LogP contribution in [0.15, 0.2) is 22.2 Å². The fourth-order valence-corrected chi connectivity index (χ4v) is 10.7. The van der Waals surface area contributed by atoms with Crippen molar-refractivity contribution in [2.45, 2.75) is 49.1 Å². The summed E-state index contributed by atoms with van der Waals surface area (Å²) in [6, 6.07) is 0. The van der Waals surface area contributed by atoms with Crippen LogP contribution in [0.5, 0.6) is 0 Å². The second kappa shape index (κ2) is 15.7. The summed E-state index contributed by atoms with van der Waals surface area (Å²) in [6.07, 6.45) is -10.4. The molecule has 0 aromatic carbocycles. The first-order valence-corrected chi connectivity index (χ1v) is 21.4. The smallest absolute Gasteiger partial charge is 0.487 e. The molecule has 316 valence electrons. The first-order chi connectivity index (χ1) is 26.4. The number of H-pyrrole nitrogens is 2. The number of nitrogen functional groups attached to an aromatic ring is 2. The van der Waals surface area contributed by atoms with Gasteiger partial charge in [-0.05, 0) is 0 Å². The summed E-state index contributed by atoms with van der Waals surface area (Å²) in [6.45, 7) is -2.29. The largest absolute Gasteiger partial charge is 0.756 e. The maximum Gasteiger partial charge on any atom is 0.487 e. The van der Waals surface area contributed by atoms with Crippen LogP contribution >= 0.6 is 31.3 Å².